The number of hydrogen-bond donors (Lipinski definition) is 2. The fourth-order valence-electron chi connectivity index (χ4n) is 2.23. The third kappa shape index (κ3) is 4.27. The SMILES string of the molecule is COc1cc(CNc2ncn[nH]2)c(Br)cc1OCc1ccccc1F. The highest BCUT2D eigenvalue weighted by atomic mass is 79.9. The molecule has 130 valence electrons. The van der Waals surface area contributed by atoms with Crippen LogP contribution >= 0.6 is 15.9 Å². The smallest absolute Gasteiger partial charge is 0.218 e. The number of benzene rings is 2. The van der Waals surface area contributed by atoms with Gasteiger partial charge in [0, 0.05) is 16.6 Å². The van der Waals surface area contributed by atoms with E-state index < -0.39 is 0 Å². The lowest BCUT2D eigenvalue weighted by molar-refractivity contribution is 0.279. The van der Waals surface area contributed by atoms with Gasteiger partial charge in [0.1, 0.15) is 18.8 Å². The van der Waals surface area contributed by atoms with Crippen molar-refractivity contribution in [2.75, 3.05) is 12.4 Å². The Morgan fingerprint density at radius 2 is 2.04 bits per heavy atom. The van der Waals surface area contributed by atoms with E-state index in [4.69, 9.17) is 9.47 Å². The van der Waals surface area contributed by atoms with Gasteiger partial charge in [-0.05, 0) is 23.8 Å². The molecule has 0 bridgehead atoms. The molecule has 3 aromatic rings. The Kier molecular flexibility index (Phi) is 5.49. The van der Waals surface area contributed by atoms with Gasteiger partial charge in [-0.25, -0.2) is 14.5 Å². The summed E-state index contributed by atoms with van der Waals surface area (Å²) in [5.74, 6) is 1.37. The zero-order valence-electron chi connectivity index (χ0n) is 13.4. The van der Waals surface area contributed by atoms with E-state index in [1.807, 2.05) is 6.07 Å². The minimum atomic E-state index is -0.298. The Morgan fingerprint density at radius 3 is 2.76 bits per heavy atom. The summed E-state index contributed by atoms with van der Waals surface area (Å²) in [5, 5.41) is 9.62. The van der Waals surface area contributed by atoms with E-state index in [0.29, 0.717) is 29.6 Å². The number of aromatic nitrogens is 3. The molecule has 2 aromatic carbocycles. The Hall–Kier alpha value is -2.61. The fraction of sp³-hybridized carbons (Fsp3) is 0.176. The van der Waals surface area contributed by atoms with Crippen LogP contribution in [-0.2, 0) is 13.2 Å². The minimum absolute atomic E-state index is 0.116. The predicted octanol–water partition coefficient (Wildman–Crippen LogP) is 3.91. The van der Waals surface area contributed by atoms with E-state index in [0.717, 1.165) is 10.0 Å². The highest BCUT2D eigenvalue weighted by Crippen LogP contribution is 2.34. The van der Waals surface area contributed by atoms with Crippen LogP contribution in [0.15, 0.2) is 47.2 Å². The van der Waals surface area contributed by atoms with Crippen LogP contribution in [0, 0.1) is 5.82 Å². The molecule has 0 unspecified atom stereocenters. The summed E-state index contributed by atoms with van der Waals surface area (Å²) in [6, 6.07) is 10.2. The average molecular weight is 407 g/mol. The first kappa shape index (κ1) is 17.2. The lowest BCUT2D eigenvalue weighted by atomic mass is 10.2. The van der Waals surface area contributed by atoms with Crippen LogP contribution in [0.25, 0.3) is 0 Å². The zero-order valence-corrected chi connectivity index (χ0v) is 15.0. The molecular weight excluding hydrogens is 391 g/mol. The van der Waals surface area contributed by atoms with Gasteiger partial charge < -0.3 is 14.8 Å². The first-order chi connectivity index (χ1) is 12.2. The molecular formula is C17H16BrFN4O2. The van der Waals surface area contributed by atoms with E-state index in [1.165, 1.54) is 12.4 Å². The molecule has 0 amide bonds. The number of nitrogens with one attached hydrogen (secondary N) is 2. The predicted molar refractivity (Wildman–Crippen MR) is 95.1 cm³/mol. The molecule has 2 N–H and O–H groups in total. The molecule has 0 saturated heterocycles. The third-order valence-corrected chi connectivity index (χ3v) is 4.27. The van der Waals surface area contributed by atoms with Crippen molar-refractivity contribution in [3.05, 3.63) is 64.1 Å². The van der Waals surface area contributed by atoms with E-state index in [9.17, 15) is 4.39 Å². The van der Waals surface area contributed by atoms with Gasteiger partial charge in [-0.2, -0.15) is 5.10 Å². The van der Waals surface area contributed by atoms with Crippen molar-refractivity contribution >= 4 is 21.9 Å². The number of H-pyrrole nitrogens is 1. The number of hydrogen-bond acceptors (Lipinski definition) is 5. The molecule has 6 nitrogen and oxygen atoms in total. The second-order valence-electron chi connectivity index (χ2n) is 5.16. The van der Waals surface area contributed by atoms with Crippen molar-refractivity contribution in [1.29, 1.82) is 0 Å². The lowest BCUT2D eigenvalue weighted by Crippen LogP contribution is -2.04. The van der Waals surface area contributed by atoms with Crippen LogP contribution in [0.5, 0.6) is 11.5 Å². The summed E-state index contributed by atoms with van der Waals surface area (Å²) >= 11 is 3.52. The number of methoxy groups -OCH3 is 1. The maximum atomic E-state index is 13.7. The van der Waals surface area contributed by atoms with E-state index in [1.54, 1.807) is 31.4 Å². The van der Waals surface area contributed by atoms with Gasteiger partial charge in [0.15, 0.2) is 11.5 Å². The van der Waals surface area contributed by atoms with Crippen molar-refractivity contribution in [3.8, 4) is 11.5 Å². The summed E-state index contributed by atoms with van der Waals surface area (Å²) in [7, 11) is 1.56. The molecule has 0 aliphatic carbocycles. The Bertz CT molecular complexity index is 843. The van der Waals surface area contributed by atoms with Gasteiger partial charge in [0.2, 0.25) is 5.95 Å². The molecule has 0 aliphatic heterocycles. The third-order valence-electron chi connectivity index (χ3n) is 3.53. The van der Waals surface area contributed by atoms with Crippen molar-refractivity contribution in [1.82, 2.24) is 15.2 Å². The van der Waals surface area contributed by atoms with Crippen molar-refractivity contribution in [3.63, 3.8) is 0 Å². The van der Waals surface area contributed by atoms with E-state index in [-0.39, 0.29) is 12.4 Å². The molecule has 0 saturated carbocycles. The molecule has 1 heterocycles. The summed E-state index contributed by atoms with van der Waals surface area (Å²) in [6.45, 7) is 0.630. The first-order valence-electron chi connectivity index (χ1n) is 7.49. The van der Waals surface area contributed by atoms with Crippen molar-refractivity contribution in [2.24, 2.45) is 0 Å². The number of aromatic amines is 1. The molecule has 25 heavy (non-hydrogen) atoms. The van der Waals surface area contributed by atoms with Gasteiger partial charge in [-0.3, -0.25) is 0 Å². The molecule has 8 heteroatoms. The van der Waals surface area contributed by atoms with Gasteiger partial charge in [-0.1, -0.05) is 34.1 Å². The highest BCUT2D eigenvalue weighted by molar-refractivity contribution is 9.10. The number of ether oxygens (including phenoxy) is 2. The zero-order chi connectivity index (χ0) is 17.6. The summed E-state index contributed by atoms with van der Waals surface area (Å²) < 4.78 is 25.7. The maximum Gasteiger partial charge on any atom is 0.218 e. The first-order valence-corrected chi connectivity index (χ1v) is 8.28. The van der Waals surface area contributed by atoms with Crippen LogP contribution in [0.4, 0.5) is 10.3 Å². The largest absolute Gasteiger partial charge is 0.493 e. The number of halogens is 2. The van der Waals surface area contributed by atoms with Gasteiger partial charge in [0.05, 0.1) is 7.11 Å². The molecule has 0 atom stereocenters. The standard InChI is InChI=1S/C17H16BrFN4O2/c1-24-15-6-12(8-20-17-21-10-22-23-17)13(18)7-16(15)25-9-11-4-2-3-5-14(11)19/h2-7,10H,8-9H2,1H3,(H2,20,21,22,23). The fourth-order valence-corrected chi connectivity index (χ4v) is 2.69. The Balaban J connectivity index is 1.73. The Labute approximate surface area is 152 Å². The van der Waals surface area contributed by atoms with Crippen LogP contribution in [0.3, 0.4) is 0 Å². The highest BCUT2D eigenvalue weighted by Gasteiger charge is 2.12. The molecule has 0 fully saturated rings. The molecule has 0 spiro atoms. The normalized spacial score (nSPS) is 10.5. The molecule has 0 aliphatic rings. The number of nitrogens with zero attached hydrogens (tertiary/aromatic N) is 2. The van der Waals surface area contributed by atoms with Gasteiger partial charge in [-0.15, -0.1) is 0 Å². The second kappa shape index (κ2) is 7.98. The second-order valence-corrected chi connectivity index (χ2v) is 6.02. The van der Waals surface area contributed by atoms with Crippen LogP contribution < -0.4 is 14.8 Å². The summed E-state index contributed by atoms with van der Waals surface area (Å²) in [5.41, 5.74) is 1.43. The quantitative estimate of drug-likeness (QED) is 0.622. The van der Waals surface area contributed by atoms with Crippen LogP contribution in [0.1, 0.15) is 11.1 Å². The van der Waals surface area contributed by atoms with Crippen LogP contribution in [-0.4, -0.2) is 22.3 Å². The van der Waals surface area contributed by atoms with Crippen molar-refractivity contribution in [2.45, 2.75) is 13.2 Å². The monoisotopic (exact) mass is 406 g/mol. The maximum absolute atomic E-state index is 13.7. The summed E-state index contributed by atoms with van der Waals surface area (Å²) in [4.78, 5) is 4.01. The molecule has 0 radical (unpaired) electrons. The van der Waals surface area contributed by atoms with Crippen molar-refractivity contribution < 1.29 is 13.9 Å². The minimum Gasteiger partial charge on any atom is -0.493 e. The molecule has 3 rings (SSSR count). The Morgan fingerprint density at radius 1 is 1.20 bits per heavy atom. The lowest BCUT2D eigenvalue weighted by Gasteiger charge is -2.14. The number of rotatable bonds is 7. The van der Waals surface area contributed by atoms with Gasteiger partial charge >= 0.3 is 0 Å². The van der Waals surface area contributed by atoms with E-state index >= 15 is 0 Å². The van der Waals surface area contributed by atoms with E-state index in [2.05, 4.69) is 36.4 Å². The van der Waals surface area contributed by atoms with Gasteiger partial charge in [0.25, 0.3) is 0 Å². The number of anilines is 1. The molecule has 1 aromatic heterocycles. The topological polar surface area (TPSA) is 72.1 Å². The average Bonchev–Trinajstić information content (AvgIpc) is 3.13. The summed E-state index contributed by atoms with van der Waals surface area (Å²) in [6.07, 6.45) is 1.43. The van der Waals surface area contributed by atoms with Crippen LogP contribution in [0.2, 0.25) is 0 Å².